The molecule has 2 heteroatoms. The summed E-state index contributed by atoms with van der Waals surface area (Å²) in [6, 6.07) is 17.0. The molecule has 2 aromatic carbocycles. The molecule has 0 aliphatic rings. The van der Waals surface area contributed by atoms with Crippen LogP contribution in [0.5, 0.6) is 0 Å². The van der Waals surface area contributed by atoms with E-state index in [9.17, 15) is 0 Å². The average Bonchev–Trinajstić information content (AvgIpc) is 2.45. The highest BCUT2D eigenvalue weighted by Crippen LogP contribution is 2.37. The van der Waals surface area contributed by atoms with E-state index in [1.807, 2.05) is 6.07 Å². The third-order valence-electron chi connectivity index (χ3n) is 4.36. The summed E-state index contributed by atoms with van der Waals surface area (Å²) in [7, 11) is 0. The Morgan fingerprint density at radius 2 is 1.60 bits per heavy atom. The summed E-state index contributed by atoms with van der Waals surface area (Å²) in [4.78, 5) is 0. The summed E-state index contributed by atoms with van der Waals surface area (Å²) >= 11 is 0. The maximum Gasteiger partial charge on any atom is 0.0553 e. The van der Waals surface area contributed by atoms with E-state index in [0.29, 0.717) is 0 Å². The average molecular weight is 268 g/mol. The molecule has 0 saturated carbocycles. The van der Waals surface area contributed by atoms with Crippen LogP contribution in [0.25, 0.3) is 0 Å². The van der Waals surface area contributed by atoms with E-state index >= 15 is 0 Å². The van der Waals surface area contributed by atoms with Gasteiger partial charge in [-0.15, -0.1) is 0 Å². The third kappa shape index (κ3) is 2.62. The number of benzene rings is 2. The van der Waals surface area contributed by atoms with Crippen molar-refractivity contribution in [2.45, 2.75) is 39.2 Å². The fourth-order valence-electron chi connectivity index (χ4n) is 2.81. The van der Waals surface area contributed by atoms with Gasteiger partial charge < -0.3 is 0 Å². The molecule has 0 fully saturated rings. The van der Waals surface area contributed by atoms with Gasteiger partial charge in [-0.25, -0.2) is 0 Å². The van der Waals surface area contributed by atoms with Gasteiger partial charge in [0.15, 0.2) is 0 Å². The van der Waals surface area contributed by atoms with Crippen LogP contribution in [0.2, 0.25) is 0 Å². The molecule has 0 radical (unpaired) electrons. The minimum atomic E-state index is -0.0887. The normalized spacial score (nSPS) is 13.2. The van der Waals surface area contributed by atoms with Crippen molar-refractivity contribution in [1.82, 2.24) is 5.43 Å². The lowest BCUT2D eigenvalue weighted by Gasteiger charge is -2.36. The highest BCUT2D eigenvalue weighted by molar-refractivity contribution is 5.39. The zero-order valence-electron chi connectivity index (χ0n) is 12.8. The van der Waals surface area contributed by atoms with Gasteiger partial charge in [-0.2, -0.15) is 0 Å². The maximum atomic E-state index is 5.90. The number of rotatable bonds is 4. The van der Waals surface area contributed by atoms with Crippen LogP contribution in [-0.2, 0) is 5.41 Å². The first-order valence-corrected chi connectivity index (χ1v) is 7.06. The van der Waals surface area contributed by atoms with Crippen LogP contribution in [0.4, 0.5) is 0 Å². The molecule has 2 aromatic rings. The Morgan fingerprint density at radius 1 is 0.950 bits per heavy atom. The topological polar surface area (TPSA) is 38.0 Å². The number of nitrogens with two attached hydrogens (primary N) is 1. The van der Waals surface area contributed by atoms with Crippen LogP contribution in [0.1, 0.15) is 42.1 Å². The highest BCUT2D eigenvalue weighted by atomic mass is 15.2. The van der Waals surface area contributed by atoms with Crippen LogP contribution in [0.3, 0.4) is 0 Å². The molecule has 0 saturated heterocycles. The molecule has 0 heterocycles. The Balaban J connectivity index is 2.49. The van der Waals surface area contributed by atoms with Crippen molar-refractivity contribution in [1.29, 1.82) is 0 Å². The fourth-order valence-corrected chi connectivity index (χ4v) is 2.81. The van der Waals surface area contributed by atoms with Gasteiger partial charge in [-0.05, 0) is 36.1 Å². The molecule has 1 atom stereocenters. The summed E-state index contributed by atoms with van der Waals surface area (Å²) in [5.41, 5.74) is 8.09. The van der Waals surface area contributed by atoms with Crippen LogP contribution >= 0.6 is 0 Å². The smallest absolute Gasteiger partial charge is 0.0553 e. The molecule has 20 heavy (non-hydrogen) atoms. The van der Waals surface area contributed by atoms with Gasteiger partial charge in [0, 0.05) is 5.41 Å². The quantitative estimate of drug-likeness (QED) is 0.654. The van der Waals surface area contributed by atoms with E-state index in [4.69, 9.17) is 5.84 Å². The molecule has 0 aromatic heterocycles. The molecule has 2 rings (SSSR count). The van der Waals surface area contributed by atoms with Crippen molar-refractivity contribution < 1.29 is 0 Å². The van der Waals surface area contributed by atoms with Crippen molar-refractivity contribution >= 4 is 0 Å². The summed E-state index contributed by atoms with van der Waals surface area (Å²) in [5, 5.41) is 0. The molecule has 0 spiro atoms. The lowest BCUT2D eigenvalue weighted by atomic mass is 9.74. The van der Waals surface area contributed by atoms with E-state index < -0.39 is 0 Å². The number of aryl methyl sites for hydroxylation is 1. The van der Waals surface area contributed by atoms with E-state index in [0.717, 1.165) is 0 Å². The van der Waals surface area contributed by atoms with Gasteiger partial charge in [0.25, 0.3) is 0 Å². The first-order chi connectivity index (χ1) is 9.48. The summed E-state index contributed by atoms with van der Waals surface area (Å²) in [5.74, 6) is 5.90. The Kier molecular flexibility index (Phi) is 4.26. The molecule has 2 nitrogen and oxygen atoms in total. The fraction of sp³-hybridized carbons (Fsp3) is 0.333. The monoisotopic (exact) mass is 268 g/mol. The SMILES string of the molecule is Cc1cccc(C(NN)C(C)(C)c2ccccc2)c1C. The highest BCUT2D eigenvalue weighted by Gasteiger charge is 2.32. The summed E-state index contributed by atoms with van der Waals surface area (Å²) < 4.78 is 0. The second-order valence-electron chi connectivity index (χ2n) is 5.98. The molecule has 106 valence electrons. The molecule has 1 unspecified atom stereocenters. The first-order valence-electron chi connectivity index (χ1n) is 7.06. The maximum absolute atomic E-state index is 5.90. The minimum absolute atomic E-state index is 0.0739. The van der Waals surface area contributed by atoms with Crippen molar-refractivity contribution in [3.63, 3.8) is 0 Å². The van der Waals surface area contributed by atoms with Crippen LogP contribution < -0.4 is 11.3 Å². The van der Waals surface area contributed by atoms with Gasteiger partial charge in [-0.3, -0.25) is 11.3 Å². The molecule has 3 N–H and O–H groups in total. The van der Waals surface area contributed by atoms with Crippen molar-refractivity contribution in [2.75, 3.05) is 0 Å². The summed E-state index contributed by atoms with van der Waals surface area (Å²) in [6.45, 7) is 8.77. The largest absolute Gasteiger partial charge is 0.271 e. The second kappa shape index (κ2) is 5.78. The number of hydrogen-bond donors (Lipinski definition) is 2. The van der Waals surface area contributed by atoms with Crippen LogP contribution in [0.15, 0.2) is 48.5 Å². The van der Waals surface area contributed by atoms with Crippen molar-refractivity contribution in [2.24, 2.45) is 5.84 Å². The zero-order valence-corrected chi connectivity index (χ0v) is 12.8. The number of hydrazine groups is 1. The van der Waals surface area contributed by atoms with E-state index in [2.05, 4.69) is 75.6 Å². The number of nitrogens with one attached hydrogen (secondary N) is 1. The molecular weight excluding hydrogens is 244 g/mol. The predicted molar refractivity (Wildman–Crippen MR) is 85.4 cm³/mol. The van der Waals surface area contributed by atoms with Gasteiger partial charge in [0.05, 0.1) is 6.04 Å². The van der Waals surface area contributed by atoms with Gasteiger partial charge >= 0.3 is 0 Å². The Labute approximate surface area is 122 Å². The van der Waals surface area contributed by atoms with Crippen molar-refractivity contribution in [3.8, 4) is 0 Å². The molecular formula is C18H24N2. The Morgan fingerprint density at radius 3 is 2.20 bits per heavy atom. The van der Waals surface area contributed by atoms with Crippen LogP contribution in [0, 0.1) is 13.8 Å². The Hall–Kier alpha value is -1.64. The van der Waals surface area contributed by atoms with E-state index in [1.165, 1.54) is 22.3 Å². The van der Waals surface area contributed by atoms with E-state index in [-0.39, 0.29) is 11.5 Å². The molecule has 0 amide bonds. The van der Waals surface area contributed by atoms with Gasteiger partial charge in [0.1, 0.15) is 0 Å². The second-order valence-corrected chi connectivity index (χ2v) is 5.98. The zero-order chi connectivity index (χ0) is 14.8. The predicted octanol–water partition coefficient (Wildman–Crippen LogP) is 3.79. The molecule has 0 aliphatic carbocycles. The van der Waals surface area contributed by atoms with Crippen molar-refractivity contribution in [3.05, 3.63) is 70.8 Å². The summed E-state index contributed by atoms with van der Waals surface area (Å²) in [6.07, 6.45) is 0. The standard InChI is InChI=1S/C18H24N2/c1-13-9-8-12-16(14(13)2)17(20-19)18(3,4)15-10-6-5-7-11-15/h5-12,17,20H,19H2,1-4H3. The van der Waals surface area contributed by atoms with Gasteiger partial charge in [0.2, 0.25) is 0 Å². The van der Waals surface area contributed by atoms with Crippen LogP contribution in [-0.4, -0.2) is 0 Å². The van der Waals surface area contributed by atoms with Gasteiger partial charge in [-0.1, -0.05) is 62.4 Å². The number of hydrogen-bond acceptors (Lipinski definition) is 2. The third-order valence-corrected chi connectivity index (χ3v) is 4.36. The first kappa shape index (κ1) is 14.8. The minimum Gasteiger partial charge on any atom is -0.271 e. The molecule has 0 bridgehead atoms. The van der Waals surface area contributed by atoms with E-state index in [1.54, 1.807) is 0 Å². The Bertz CT molecular complexity index is 573. The molecule has 0 aliphatic heterocycles. The lowest BCUT2D eigenvalue weighted by Crippen LogP contribution is -2.41. The lowest BCUT2D eigenvalue weighted by molar-refractivity contribution is 0.351.